The van der Waals surface area contributed by atoms with Gasteiger partial charge in [-0.05, 0) is 23.8 Å². The topological polar surface area (TPSA) is 69.2 Å². The van der Waals surface area contributed by atoms with Crippen LogP contribution >= 0.6 is 11.8 Å². The van der Waals surface area contributed by atoms with Crippen LogP contribution in [0.3, 0.4) is 0 Å². The Labute approximate surface area is 140 Å². The molecule has 0 fully saturated rings. The fraction of sp³-hybridized carbons (Fsp3) is 0.176. The van der Waals surface area contributed by atoms with Crippen molar-refractivity contribution in [1.82, 2.24) is 0 Å². The van der Waals surface area contributed by atoms with Crippen LogP contribution in [0.25, 0.3) is 0 Å². The summed E-state index contributed by atoms with van der Waals surface area (Å²) in [5, 5.41) is 8.42. The van der Waals surface area contributed by atoms with Crippen LogP contribution in [0, 0.1) is 0 Å². The van der Waals surface area contributed by atoms with Gasteiger partial charge in [-0.15, -0.1) is 5.10 Å². The Morgan fingerprint density at radius 2 is 1.91 bits per heavy atom. The first-order valence-corrected chi connectivity index (χ1v) is 7.96. The van der Waals surface area contributed by atoms with E-state index in [-0.39, 0.29) is 0 Å². The van der Waals surface area contributed by atoms with Crippen molar-refractivity contribution in [3.8, 4) is 11.5 Å². The minimum absolute atomic E-state index is 0.409. The summed E-state index contributed by atoms with van der Waals surface area (Å²) >= 11 is 1.44. The Hall–Kier alpha value is -2.47. The fourth-order valence-corrected chi connectivity index (χ4v) is 2.46. The van der Waals surface area contributed by atoms with Crippen molar-refractivity contribution in [2.45, 2.75) is 5.75 Å². The van der Waals surface area contributed by atoms with Crippen molar-refractivity contribution in [2.75, 3.05) is 14.2 Å². The van der Waals surface area contributed by atoms with Crippen LogP contribution in [0.15, 0.2) is 58.7 Å². The van der Waals surface area contributed by atoms with Crippen molar-refractivity contribution in [3.63, 3.8) is 0 Å². The maximum absolute atomic E-state index is 5.86. The maximum atomic E-state index is 5.86. The summed E-state index contributed by atoms with van der Waals surface area (Å²) < 4.78 is 10.5. The average molecular weight is 329 g/mol. The van der Waals surface area contributed by atoms with Crippen LogP contribution in [0.2, 0.25) is 0 Å². The van der Waals surface area contributed by atoms with E-state index in [2.05, 4.69) is 10.2 Å². The third-order valence-electron chi connectivity index (χ3n) is 3.02. The zero-order valence-electron chi connectivity index (χ0n) is 13.1. The molecular formula is C17H19N3O2S. The smallest absolute Gasteiger partial charge is 0.180 e. The number of nitrogens with two attached hydrogens (primary N) is 1. The predicted molar refractivity (Wildman–Crippen MR) is 96.5 cm³/mol. The molecule has 0 amide bonds. The molecule has 0 heterocycles. The van der Waals surface area contributed by atoms with E-state index in [1.54, 1.807) is 20.4 Å². The van der Waals surface area contributed by atoms with Crippen LogP contribution in [-0.2, 0) is 5.75 Å². The number of methoxy groups -OCH3 is 2. The zero-order valence-corrected chi connectivity index (χ0v) is 13.9. The first-order chi connectivity index (χ1) is 11.2. The van der Waals surface area contributed by atoms with E-state index in [9.17, 15) is 0 Å². The summed E-state index contributed by atoms with van der Waals surface area (Å²) in [6.45, 7) is 0. The summed E-state index contributed by atoms with van der Waals surface area (Å²) in [5.74, 6) is 2.18. The Kier molecular flexibility index (Phi) is 6.50. The van der Waals surface area contributed by atoms with Gasteiger partial charge in [0.05, 0.1) is 20.4 Å². The van der Waals surface area contributed by atoms with Crippen LogP contribution < -0.4 is 15.2 Å². The monoisotopic (exact) mass is 329 g/mol. The highest BCUT2D eigenvalue weighted by Gasteiger charge is 2.02. The molecule has 0 aliphatic heterocycles. The molecule has 6 heteroatoms. The Balaban J connectivity index is 1.99. The summed E-state index contributed by atoms with van der Waals surface area (Å²) in [6, 6.07) is 15.5. The van der Waals surface area contributed by atoms with Gasteiger partial charge < -0.3 is 15.2 Å². The molecule has 2 aromatic carbocycles. The van der Waals surface area contributed by atoms with E-state index in [1.165, 1.54) is 17.3 Å². The van der Waals surface area contributed by atoms with E-state index >= 15 is 0 Å². The van der Waals surface area contributed by atoms with Crippen LogP contribution in [0.5, 0.6) is 11.5 Å². The molecule has 0 bridgehead atoms. The van der Waals surface area contributed by atoms with E-state index in [1.807, 2.05) is 48.5 Å². The van der Waals surface area contributed by atoms with Gasteiger partial charge in [0.1, 0.15) is 11.5 Å². The minimum Gasteiger partial charge on any atom is -0.497 e. The number of amidine groups is 1. The molecule has 0 saturated heterocycles. The lowest BCUT2D eigenvalue weighted by atomic mass is 10.2. The van der Waals surface area contributed by atoms with Crippen LogP contribution in [0.1, 0.15) is 11.1 Å². The molecule has 2 aromatic rings. The van der Waals surface area contributed by atoms with Crippen molar-refractivity contribution >= 4 is 23.1 Å². The first kappa shape index (κ1) is 16.9. The van der Waals surface area contributed by atoms with E-state index < -0.39 is 0 Å². The van der Waals surface area contributed by atoms with Crippen molar-refractivity contribution in [1.29, 1.82) is 0 Å². The second kappa shape index (κ2) is 8.85. The van der Waals surface area contributed by atoms with Gasteiger partial charge in [0.25, 0.3) is 0 Å². The number of benzene rings is 2. The predicted octanol–water partition coefficient (Wildman–Crippen LogP) is 3.29. The number of nitrogens with zero attached hydrogens (tertiary/aromatic N) is 2. The molecule has 2 N–H and O–H groups in total. The highest BCUT2D eigenvalue weighted by molar-refractivity contribution is 8.13. The average Bonchev–Trinajstić information content (AvgIpc) is 2.60. The van der Waals surface area contributed by atoms with Gasteiger partial charge >= 0.3 is 0 Å². The molecule has 0 radical (unpaired) electrons. The molecule has 5 nitrogen and oxygen atoms in total. The highest BCUT2D eigenvalue weighted by atomic mass is 32.2. The molecule has 2 rings (SSSR count). The molecule has 0 saturated carbocycles. The molecule has 0 unspecified atom stereocenters. The molecule has 0 aliphatic rings. The standard InChI is InChI=1S/C17H19N3O2S/c1-21-15-8-9-16(22-2)14(10-15)11-19-20-17(18)23-12-13-6-4-3-5-7-13/h3-11H,12H2,1-2H3,(H2,18,20). The molecule has 0 atom stereocenters. The second-order valence-electron chi connectivity index (χ2n) is 4.56. The number of hydrogen-bond donors (Lipinski definition) is 1. The molecule has 0 aliphatic carbocycles. The largest absolute Gasteiger partial charge is 0.497 e. The number of rotatable bonds is 6. The Bertz CT molecular complexity index is 687. The second-order valence-corrected chi connectivity index (χ2v) is 5.56. The van der Waals surface area contributed by atoms with E-state index in [0.29, 0.717) is 10.9 Å². The zero-order chi connectivity index (χ0) is 16.5. The number of ether oxygens (including phenoxy) is 2. The lowest BCUT2D eigenvalue weighted by molar-refractivity contribution is 0.402. The summed E-state index contributed by atoms with van der Waals surface area (Å²) in [4.78, 5) is 0. The van der Waals surface area contributed by atoms with Crippen molar-refractivity contribution in [2.24, 2.45) is 15.9 Å². The van der Waals surface area contributed by atoms with Gasteiger partial charge in [-0.25, -0.2) is 0 Å². The number of thioether (sulfide) groups is 1. The lowest BCUT2D eigenvalue weighted by Crippen LogP contribution is -2.06. The lowest BCUT2D eigenvalue weighted by Gasteiger charge is -2.06. The van der Waals surface area contributed by atoms with Gasteiger partial charge in [0.15, 0.2) is 5.17 Å². The Morgan fingerprint density at radius 1 is 1.13 bits per heavy atom. The van der Waals surface area contributed by atoms with E-state index in [0.717, 1.165) is 17.1 Å². The SMILES string of the molecule is COc1ccc(OC)c(C=NN=C(N)SCc2ccccc2)c1. The first-order valence-electron chi connectivity index (χ1n) is 6.98. The van der Waals surface area contributed by atoms with Gasteiger partial charge in [-0.1, -0.05) is 42.1 Å². The van der Waals surface area contributed by atoms with Crippen LogP contribution in [-0.4, -0.2) is 25.6 Å². The van der Waals surface area contributed by atoms with Gasteiger partial charge in [-0.2, -0.15) is 5.10 Å². The summed E-state index contributed by atoms with van der Waals surface area (Å²) in [7, 11) is 3.21. The number of hydrogen-bond acceptors (Lipinski definition) is 5. The molecule has 0 spiro atoms. The van der Waals surface area contributed by atoms with Crippen molar-refractivity contribution < 1.29 is 9.47 Å². The van der Waals surface area contributed by atoms with Gasteiger partial charge in [0, 0.05) is 11.3 Å². The van der Waals surface area contributed by atoms with Crippen LogP contribution in [0.4, 0.5) is 0 Å². The molecule has 120 valence electrons. The third-order valence-corrected chi connectivity index (χ3v) is 3.87. The van der Waals surface area contributed by atoms with Gasteiger partial charge in [0.2, 0.25) is 0 Å². The molecule has 0 aromatic heterocycles. The molecular weight excluding hydrogens is 310 g/mol. The van der Waals surface area contributed by atoms with Crippen molar-refractivity contribution in [3.05, 3.63) is 59.7 Å². The Morgan fingerprint density at radius 3 is 2.61 bits per heavy atom. The van der Waals surface area contributed by atoms with Gasteiger partial charge in [-0.3, -0.25) is 0 Å². The maximum Gasteiger partial charge on any atom is 0.180 e. The molecule has 23 heavy (non-hydrogen) atoms. The summed E-state index contributed by atoms with van der Waals surface area (Å²) in [6.07, 6.45) is 1.59. The van der Waals surface area contributed by atoms with E-state index in [4.69, 9.17) is 15.2 Å². The quantitative estimate of drug-likeness (QED) is 0.501. The highest BCUT2D eigenvalue weighted by Crippen LogP contribution is 2.22. The minimum atomic E-state index is 0.409. The summed E-state index contributed by atoms with van der Waals surface area (Å²) in [5.41, 5.74) is 7.82. The third kappa shape index (κ3) is 5.34. The fourth-order valence-electron chi connectivity index (χ4n) is 1.85. The normalized spacial score (nSPS) is 11.7.